The molecule has 0 aliphatic heterocycles. The molecule has 4 saturated carbocycles. The van der Waals surface area contributed by atoms with Gasteiger partial charge in [0.15, 0.2) is 0 Å². The molecular formula is C20H28O5. The Kier molecular flexibility index (Phi) is 3.33. The van der Waals surface area contributed by atoms with E-state index in [0.29, 0.717) is 25.7 Å². The number of rotatable bonds is 2. The molecule has 4 rings (SSSR count). The van der Waals surface area contributed by atoms with Crippen molar-refractivity contribution in [1.29, 1.82) is 0 Å². The van der Waals surface area contributed by atoms with E-state index >= 15 is 0 Å². The summed E-state index contributed by atoms with van der Waals surface area (Å²) >= 11 is 0. The SMILES string of the molecule is C=C1C[C@]23C[C@H]1[C@@H](O)C[C@@H]2[C@]1(C)CCC[C@@](C)(C(=O)O)[C@H]1[C@@H]3C(=O)O. The molecule has 5 heteroatoms. The summed E-state index contributed by atoms with van der Waals surface area (Å²) in [6, 6.07) is 0. The van der Waals surface area contributed by atoms with Gasteiger partial charge in [0.05, 0.1) is 17.4 Å². The van der Waals surface area contributed by atoms with E-state index in [0.717, 1.165) is 18.4 Å². The minimum absolute atomic E-state index is 0.0297. The molecule has 0 amide bonds. The predicted octanol–water partition coefficient (Wildman–Crippen LogP) is 2.93. The first-order chi connectivity index (χ1) is 11.6. The molecule has 4 fully saturated rings. The molecule has 0 radical (unpaired) electrons. The van der Waals surface area contributed by atoms with E-state index in [2.05, 4.69) is 13.5 Å². The second kappa shape index (κ2) is 4.87. The zero-order chi connectivity index (χ0) is 18.4. The van der Waals surface area contributed by atoms with Crippen LogP contribution in [0.2, 0.25) is 0 Å². The highest BCUT2D eigenvalue weighted by atomic mass is 16.4. The van der Waals surface area contributed by atoms with Gasteiger partial charge in [-0.2, -0.15) is 0 Å². The minimum atomic E-state index is -1.02. The smallest absolute Gasteiger partial charge is 0.309 e. The number of hydrogen-bond donors (Lipinski definition) is 3. The number of carbonyl (C=O) groups is 2. The Hall–Kier alpha value is -1.36. The molecule has 1 spiro atoms. The predicted molar refractivity (Wildman–Crippen MR) is 90.7 cm³/mol. The normalized spacial score (nSPS) is 54.0. The van der Waals surface area contributed by atoms with Crippen molar-refractivity contribution in [3.05, 3.63) is 12.2 Å². The van der Waals surface area contributed by atoms with E-state index in [4.69, 9.17) is 0 Å². The molecule has 25 heavy (non-hydrogen) atoms. The monoisotopic (exact) mass is 348 g/mol. The lowest BCUT2D eigenvalue weighted by molar-refractivity contribution is -0.166. The maximum absolute atomic E-state index is 12.4. The fraction of sp³-hybridized carbons (Fsp3) is 0.800. The van der Waals surface area contributed by atoms with Crippen LogP contribution in [0.25, 0.3) is 0 Å². The molecule has 0 aromatic carbocycles. The lowest BCUT2D eigenvalue weighted by Crippen LogP contribution is -2.50. The van der Waals surface area contributed by atoms with E-state index in [1.807, 2.05) is 0 Å². The van der Waals surface area contributed by atoms with Gasteiger partial charge in [-0.1, -0.05) is 25.5 Å². The third kappa shape index (κ3) is 1.83. The molecule has 0 saturated heterocycles. The van der Waals surface area contributed by atoms with Crippen LogP contribution < -0.4 is 0 Å². The van der Waals surface area contributed by atoms with E-state index in [-0.39, 0.29) is 17.3 Å². The van der Waals surface area contributed by atoms with Gasteiger partial charge in [-0.05, 0) is 61.7 Å². The van der Waals surface area contributed by atoms with Gasteiger partial charge in [-0.25, -0.2) is 0 Å². The summed E-state index contributed by atoms with van der Waals surface area (Å²) in [7, 11) is 0. The van der Waals surface area contributed by atoms with Gasteiger partial charge in [0.1, 0.15) is 0 Å². The van der Waals surface area contributed by atoms with Gasteiger partial charge in [0.2, 0.25) is 0 Å². The standard InChI is InChI=1S/C20H28O5/c1-10-8-20-9-11(10)12(21)7-13(20)18(2)5-4-6-19(3,17(24)25)15(18)14(20)16(22)23/h11-15,21H,1,4-9H2,2-3H3,(H,22,23)(H,24,25)/t11-,12+,13-,14-,15+,18+,19-,20+/m1/s1. The summed E-state index contributed by atoms with van der Waals surface area (Å²) in [4.78, 5) is 24.7. The molecule has 2 bridgehead atoms. The quantitative estimate of drug-likeness (QED) is 0.667. The highest BCUT2D eigenvalue weighted by molar-refractivity contribution is 5.79. The molecule has 0 aromatic heterocycles. The number of carboxylic acid groups (broad SMARTS) is 2. The zero-order valence-corrected chi connectivity index (χ0v) is 15.0. The Morgan fingerprint density at radius 1 is 1.20 bits per heavy atom. The average Bonchev–Trinajstić information content (AvgIpc) is 2.92. The van der Waals surface area contributed by atoms with Gasteiger partial charge in [0.25, 0.3) is 0 Å². The number of carboxylic acids is 2. The van der Waals surface area contributed by atoms with Crippen molar-refractivity contribution in [2.75, 3.05) is 0 Å². The highest BCUT2D eigenvalue weighted by Crippen LogP contribution is 2.77. The van der Waals surface area contributed by atoms with Crippen molar-refractivity contribution in [2.45, 2.75) is 58.5 Å². The average molecular weight is 348 g/mol. The fourth-order valence-electron chi connectivity index (χ4n) is 7.85. The summed E-state index contributed by atoms with van der Waals surface area (Å²) in [5.41, 5.74) is -0.856. The van der Waals surface area contributed by atoms with Crippen LogP contribution in [0, 0.1) is 39.9 Å². The maximum Gasteiger partial charge on any atom is 0.309 e. The van der Waals surface area contributed by atoms with Crippen LogP contribution in [0.15, 0.2) is 12.2 Å². The third-order valence-corrected chi connectivity index (χ3v) is 8.63. The van der Waals surface area contributed by atoms with Crippen LogP contribution in [0.5, 0.6) is 0 Å². The molecule has 8 atom stereocenters. The molecule has 0 aromatic rings. The Morgan fingerprint density at radius 2 is 1.88 bits per heavy atom. The Labute approximate surface area is 148 Å². The lowest BCUT2D eigenvalue weighted by atomic mass is 9.53. The third-order valence-electron chi connectivity index (χ3n) is 8.63. The topological polar surface area (TPSA) is 94.8 Å². The van der Waals surface area contributed by atoms with E-state index in [1.165, 1.54) is 0 Å². The van der Waals surface area contributed by atoms with Crippen molar-refractivity contribution in [1.82, 2.24) is 0 Å². The van der Waals surface area contributed by atoms with Gasteiger partial charge in [-0.3, -0.25) is 9.59 Å². The van der Waals surface area contributed by atoms with Gasteiger partial charge < -0.3 is 15.3 Å². The molecule has 4 aliphatic carbocycles. The molecule has 3 N–H and O–H groups in total. The largest absolute Gasteiger partial charge is 0.481 e. The summed E-state index contributed by atoms with van der Waals surface area (Å²) < 4.78 is 0. The summed E-state index contributed by atoms with van der Waals surface area (Å²) in [5, 5.41) is 30.9. The first-order valence-corrected chi connectivity index (χ1v) is 9.40. The van der Waals surface area contributed by atoms with Crippen LogP contribution in [-0.2, 0) is 9.59 Å². The van der Waals surface area contributed by atoms with E-state index < -0.39 is 40.7 Å². The van der Waals surface area contributed by atoms with Crippen LogP contribution >= 0.6 is 0 Å². The van der Waals surface area contributed by atoms with Crippen molar-refractivity contribution < 1.29 is 24.9 Å². The first-order valence-electron chi connectivity index (χ1n) is 9.40. The van der Waals surface area contributed by atoms with Gasteiger partial charge >= 0.3 is 11.9 Å². The van der Waals surface area contributed by atoms with Crippen molar-refractivity contribution in [3.8, 4) is 0 Å². The van der Waals surface area contributed by atoms with Crippen LogP contribution in [0.4, 0.5) is 0 Å². The molecule has 0 unspecified atom stereocenters. The number of fused-ring (bicyclic) bond motifs is 3. The van der Waals surface area contributed by atoms with Crippen LogP contribution in [-0.4, -0.2) is 33.4 Å². The highest BCUT2D eigenvalue weighted by Gasteiger charge is 2.76. The minimum Gasteiger partial charge on any atom is -0.481 e. The van der Waals surface area contributed by atoms with E-state index in [9.17, 15) is 24.9 Å². The van der Waals surface area contributed by atoms with Crippen molar-refractivity contribution in [3.63, 3.8) is 0 Å². The Bertz CT molecular complexity index is 671. The zero-order valence-electron chi connectivity index (χ0n) is 15.0. The molecule has 138 valence electrons. The number of hydrogen-bond acceptors (Lipinski definition) is 3. The Morgan fingerprint density at radius 3 is 2.48 bits per heavy atom. The Balaban J connectivity index is 1.93. The summed E-state index contributed by atoms with van der Waals surface area (Å²) in [5.74, 6) is -2.78. The summed E-state index contributed by atoms with van der Waals surface area (Å²) in [6.07, 6.45) is 3.55. The first kappa shape index (κ1) is 17.1. The molecule has 0 heterocycles. The second-order valence-corrected chi connectivity index (χ2v) is 9.61. The molecule has 4 aliphatic rings. The van der Waals surface area contributed by atoms with Gasteiger partial charge in [0, 0.05) is 5.92 Å². The second-order valence-electron chi connectivity index (χ2n) is 9.61. The summed E-state index contributed by atoms with van der Waals surface area (Å²) in [6.45, 7) is 7.99. The number of aliphatic hydroxyl groups excluding tert-OH is 1. The number of aliphatic carboxylic acids is 2. The fourth-order valence-corrected chi connectivity index (χ4v) is 7.85. The molecule has 5 nitrogen and oxygen atoms in total. The molecular weight excluding hydrogens is 320 g/mol. The van der Waals surface area contributed by atoms with Crippen LogP contribution in [0.3, 0.4) is 0 Å². The van der Waals surface area contributed by atoms with Crippen molar-refractivity contribution in [2.24, 2.45) is 39.9 Å². The maximum atomic E-state index is 12.4. The van der Waals surface area contributed by atoms with E-state index in [1.54, 1.807) is 6.92 Å². The van der Waals surface area contributed by atoms with Gasteiger partial charge in [-0.15, -0.1) is 0 Å². The number of aliphatic hydroxyl groups is 1. The van der Waals surface area contributed by atoms with Crippen LogP contribution in [0.1, 0.15) is 52.4 Å². The van der Waals surface area contributed by atoms with Crippen molar-refractivity contribution >= 4 is 11.9 Å². The lowest BCUT2D eigenvalue weighted by Gasteiger charge is -2.50.